The molecule has 1 N–H and O–H groups in total. The lowest BCUT2D eigenvalue weighted by atomic mass is 10.1. The number of hydrogen-bond donors (Lipinski definition) is 1. The summed E-state index contributed by atoms with van der Waals surface area (Å²) in [6.07, 6.45) is 3.08. The van der Waals surface area contributed by atoms with Crippen molar-refractivity contribution in [3.05, 3.63) is 59.4 Å². The Kier molecular flexibility index (Phi) is 4.96. The van der Waals surface area contributed by atoms with Crippen LogP contribution in [-0.2, 0) is 12.4 Å². The molecule has 0 saturated carbocycles. The Morgan fingerprint density at radius 2 is 2.15 bits per heavy atom. The lowest BCUT2D eigenvalue weighted by Crippen LogP contribution is -2.23. The van der Waals surface area contributed by atoms with Gasteiger partial charge in [-0.1, -0.05) is 24.3 Å². The van der Waals surface area contributed by atoms with Gasteiger partial charge in [-0.2, -0.15) is 0 Å². The fraction of sp³-hybridized carbons (Fsp3) is 0.200. The summed E-state index contributed by atoms with van der Waals surface area (Å²) in [6.45, 7) is 0.440. The molecule has 20 heavy (non-hydrogen) atoms. The Morgan fingerprint density at radius 3 is 2.90 bits per heavy atom. The topological polar surface area (TPSA) is 51.2 Å². The average Bonchev–Trinajstić information content (AvgIpc) is 2.52. The second-order valence-corrected chi connectivity index (χ2v) is 4.48. The first-order valence-electron chi connectivity index (χ1n) is 6.14. The molecule has 4 nitrogen and oxygen atoms in total. The number of halogens is 1. The Hall–Kier alpha value is -2.07. The minimum atomic E-state index is -0.194. The predicted molar refractivity (Wildman–Crippen MR) is 78.0 cm³/mol. The largest absolute Gasteiger partial charge is 0.494 e. The molecule has 0 aliphatic rings. The van der Waals surface area contributed by atoms with Crippen LogP contribution in [0.3, 0.4) is 0 Å². The van der Waals surface area contributed by atoms with Crippen molar-refractivity contribution in [3.8, 4) is 5.75 Å². The van der Waals surface area contributed by atoms with E-state index in [0.29, 0.717) is 23.7 Å². The summed E-state index contributed by atoms with van der Waals surface area (Å²) < 4.78 is 5.11. The van der Waals surface area contributed by atoms with Crippen molar-refractivity contribution in [2.24, 2.45) is 0 Å². The molecule has 0 saturated heterocycles. The molecule has 0 atom stereocenters. The average molecular weight is 291 g/mol. The summed E-state index contributed by atoms with van der Waals surface area (Å²) >= 11 is 5.79. The number of pyridine rings is 1. The van der Waals surface area contributed by atoms with Gasteiger partial charge < -0.3 is 10.1 Å². The summed E-state index contributed by atoms with van der Waals surface area (Å²) in [6, 6.07) is 9.41. The number of alkyl halides is 1. The summed E-state index contributed by atoms with van der Waals surface area (Å²) in [7, 11) is 1.51. The molecule has 0 radical (unpaired) electrons. The van der Waals surface area contributed by atoms with Gasteiger partial charge in [0.1, 0.15) is 5.75 Å². The number of aromatic nitrogens is 1. The lowest BCUT2D eigenvalue weighted by molar-refractivity contribution is 0.0947. The van der Waals surface area contributed by atoms with Gasteiger partial charge in [-0.15, -0.1) is 11.6 Å². The summed E-state index contributed by atoms with van der Waals surface area (Å²) in [5.74, 6) is 0.722. The van der Waals surface area contributed by atoms with Crippen molar-refractivity contribution in [2.45, 2.75) is 12.4 Å². The van der Waals surface area contributed by atoms with Crippen molar-refractivity contribution < 1.29 is 9.53 Å². The molecule has 1 heterocycles. The van der Waals surface area contributed by atoms with Crippen molar-refractivity contribution in [1.82, 2.24) is 10.3 Å². The van der Waals surface area contributed by atoms with Gasteiger partial charge in [-0.3, -0.25) is 9.78 Å². The molecule has 0 spiro atoms. The maximum Gasteiger partial charge on any atom is 0.255 e. The first-order valence-corrected chi connectivity index (χ1v) is 6.68. The zero-order chi connectivity index (χ0) is 14.4. The molecule has 104 valence electrons. The Labute approximate surface area is 122 Å². The number of methoxy groups -OCH3 is 1. The normalized spacial score (nSPS) is 10.1. The van der Waals surface area contributed by atoms with Crippen LogP contribution in [0, 0.1) is 0 Å². The fourth-order valence-electron chi connectivity index (χ4n) is 1.83. The molecule has 1 amide bonds. The van der Waals surface area contributed by atoms with Gasteiger partial charge in [0.15, 0.2) is 0 Å². The minimum Gasteiger partial charge on any atom is -0.494 e. The van der Waals surface area contributed by atoms with Crippen molar-refractivity contribution in [2.75, 3.05) is 7.11 Å². The van der Waals surface area contributed by atoms with Gasteiger partial charge in [0, 0.05) is 18.6 Å². The van der Waals surface area contributed by atoms with Crippen LogP contribution in [-0.4, -0.2) is 18.0 Å². The van der Waals surface area contributed by atoms with Crippen LogP contribution in [0.25, 0.3) is 0 Å². The third kappa shape index (κ3) is 3.48. The van der Waals surface area contributed by atoms with Crippen LogP contribution < -0.4 is 10.1 Å². The monoisotopic (exact) mass is 290 g/mol. The zero-order valence-corrected chi connectivity index (χ0v) is 11.9. The summed E-state index contributed by atoms with van der Waals surface area (Å²) in [5.41, 5.74) is 2.50. The van der Waals surface area contributed by atoms with Crippen LogP contribution in [0.2, 0.25) is 0 Å². The smallest absolute Gasteiger partial charge is 0.255 e. The van der Waals surface area contributed by atoms with E-state index in [2.05, 4.69) is 10.3 Å². The lowest BCUT2D eigenvalue weighted by Gasteiger charge is -2.09. The number of hydrogen-bond acceptors (Lipinski definition) is 3. The number of carbonyl (C=O) groups is 1. The minimum absolute atomic E-state index is 0.194. The highest BCUT2D eigenvalue weighted by atomic mass is 35.5. The fourth-order valence-corrected chi connectivity index (χ4v) is 2.00. The first kappa shape index (κ1) is 14.3. The van der Waals surface area contributed by atoms with Crippen LogP contribution >= 0.6 is 11.6 Å². The number of ether oxygens (including phenoxy) is 1. The summed E-state index contributed by atoms with van der Waals surface area (Å²) in [4.78, 5) is 16.0. The predicted octanol–water partition coefficient (Wildman–Crippen LogP) is 2.76. The molecule has 0 fully saturated rings. The Balaban J connectivity index is 2.04. The second-order valence-electron chi connectivity index (χ2n) is 4.21. The Bertz CT molecular complexity index is 602. The third-order valence-corrected chi connectivity index (χ3v) is 3.16. The van der Waals surface area contributed by atoms with Crippen LogP contribution in [0.1, 0.15) is 21.5 Å². The van der Waals surface area contributed by atoms with E-state index in [1.807, 2.05) is 24.3 Å². The molecule has 0 bridgehead atoms. The van der Waals surface area contributed by atoms with E-state index in [1.54, 1.807) is 12.3 Å². The molecule has 0 unspecified atom stereocenters. The van der Waals surface area contributed by atoms with Crippen molar-refractivity contribution in [1.29, 1.82) is 0 Å². The molecule has 1 aromatic carbocycles. The molecular formula is C15H15ClN2O2. The molecule has 2 aromatic rings. The van der Waals surface area contributed by atoms with Gasteiger partial charge in [0.25, 0.3) is 5.91 Å². The molecule has 2 rings (SSSR count). The molecular weight excluding hydrogens is 276 g/mol. The molecule has 1 aromatic heterocycles. The van der Waals surface area contributed by atoms with Gasteiger partial charge in [0.05, 0.1) is 18.9 Å². The van der Waals surface area contributed by atoms with Gasteiger partial charge in [-0.25, -0.2) is 0 Å². The van der Waals surface area contributed by atoms with E-state index >= 15 is 0 Å². The Morgan fingerprint density at radius 1 is 1.35 bits per heavy atom. The highest BCUT2D eigenvalue weighted by Gasteiger charge is 2.11. The standard InChI is InChI=1S/C15H15ClN2O2/c1-20-14-10-17-6-5-13(14)15(19)18-9-12-4-2-3-11(7-12)8-16/h2-7,10H,8-9H2,1H3,(H,18,19). The molecule has 0 aliphatic carbocycles. The maximum atomic E-state index is 12.1. The quantitative estimate of drug-likeness (QED) is 0.862. The third-order valence-electron chi connectivity index (χ3n) is 2.85. The zero-order valence-electron chi connectivity index (χ0n) is 11.1. The number of rotatable bonds is 5. The highest BCUT2D eigenvalue weighted by molar-refractivity contribution is 6.17. The van der Waals surface area contributed by atoms with E-state index in [1.165, 1.54) is 13.3 Å². The number of nitrogens with one attached hydrogen (secondary N) is 1. The van der Waals surface area contributed by atoms with Gasteiger partial charge >= 0.3 is 0 Å². The molecule has 5 heteroatoms. The number of carbonyl (C=O) groups excluding carboxylic acids is 1. The van der Waals surface area contributed by atoms with Crippen LogP contribution in [0.15, 0.2) is 42.7 Å². The number of amides is 1. The van der Waals surface area contributed by atoms with Crippen molar-refractivity contribution in [3.63, 3.8) is 0 Å². The number of nitrogens with zero attached hydrogens (tertiary/aromatic N) is 1. The van der Waals surface area contributed by atoms with E-state index in [9.17, 15) is 4.79 Å². The van der Waals surface area contributed by atoms with E-state index in [0.717, 1.165) is 11.1 Å². The first-order chi connectivity index (χ1) is 9.74. The van der Waals surface area contributed by atoms with Gasteiger partial charge in [0.2, 0.25) is 0 Å². The van der Waals surface area contributed by atoms with E-state index in [-0.39, 0.29) is 5.91 Å². The SMILES string of the molecule is COc1cnccc1C(=O)NCc1cccc(CCl)c1. The highest BCUT2D eigenvalue weighted by Crippen LogP contribution is 2.15. The van der Waals surface area contributed by atoms with E-state index < -0.39 is 0 Å². The second kappa shape index (κ2) is 6.91. The number of benzene rings is 1. The maximum absolute atomic E-state index is 12.1. The van der Waals surface area contributed by atoms with Gasteiger partial charge in [-0.05, 0) is 17.2 Å². The van der Waals surface area contributed by atoms with E-state index in [4.69, 9.17) is 16.3 Å². The van der Waals surface area contributed by atoms with Crippen molar-refractivity contribution >= 4 is 17.5 Å². The van der Waals surface area contributed by atoms with Crippen LogP contribution in [0.4, 0.5) is 0 Å². The summed E-state index contributed by atoms with van der Waals surface area (Å²) in [5, 5.41) is 2.85. The van der Waals surface area contributed by atoms with Crippen LogP contribution in [0.5, 0.6) is 5.75 Å². The molecule has 0 aliphatic heterocycles.